The number of pyridine rings is 1. The van der Waals surface area contributed by atoms with Crippen LogP contribution in [0.3, 0.4) is 0 Å². The Kier molecular flexibility index (Phi) is 5.14. The zero-order chi connectivity index (χ0) is 17.1. The molecule has 1 atom stereocenters. The third-order valence-electron chi connectivity index (χ3n) is 3.99. The highest BCUT2D eigenvalue weighted by molar-refractivity contribution is 7.09. The van der Waals surface area contributed by atoms with E-state index < -0.39 is 0 Å². The normalized spacial score (nSPS) is 18.0. The van der Waals surface area contributed by atoms with Gasteiger partial charge in [0.1, 0.15) is 5.69 Å². The largest absolute Gasteiger partial charge is 0.475 e. The molecular weight excluding hydrogens is 322 g/mol. The summed E-state index contributed by atoms with van der Waals surface area (Å²) in [5.41, 5.74) is 1.50. The quantitative estimate of drug-likeness (QED) is 0.849. The molecule has 5 nitrogen and oxygen atoms in total. The highest BCUT2D eigenvalue weighted by Gasteiger charge is 2.27. The molecule has 0 bridgehead atoms. The summed E-state index contributed by atoms with van der Waals surface area (Å²) in [5.74, 6) is 0.804. The maximum Gasteiger partial charge on any atom is 0.272 e. The van der Waals surface area contributed by atoms with Gasteiger partial charge in [0.2, 0.25) is 5.88 Å². The first-order chi connectivity index (χ1) is 11.5. The first-order valence-corrected chi connectivity index (χ1v) is 9.26. The Morgan fingerprint density at radius 2 is 2.21 bits per heavy atom. The minimum absolute atomic E-state index is 0.0258. The number of nitrogens with zero attached hydrogens (tertiary/aromatic N) is 3. The number of ether oxygens (including phenoxy) is 1. The third kappa shape index (κ3) is 3.93. The average Bonchev–Trinajstić information content (AvgIpc) is 3.00. The van der Waals surface area contributed by atoms with Crippen LogP contribution in [0.15, 0.2) is 23.6 Å². The van der Waals surface area contributed by atoms with Crippen LogP contribution in [-0.2, 0) is 0 Å². The second kappa shape index (κ2) is 7.30. The molecule has 0 aliphatic carbocycles. The number of amides is 1. The molecule has 3 heterocycles. The first kappa shape index (κ1) is 16.9. The van der Waals surface area contributed by atoms with Crippen LogP contribution in [0.1, 0.15) is 53.8 Å². The number of hydrogen-bond acceptors (Lipinski definition) is 5. The van der Waals surface area contributed by atoms with E-state index in [-0.39, 0.29) is 12.0 Å². The summed E-state index contributed by atoms with van der Waals surface area (Å²) in [4.78, 5) is 23.7. The lowest BCUT2D eigenvalue weighted by atomic mass is 9.98. The number of rotatable bonds is 4. The lowest BCUT2D eigenvalue weighted by Crippen LogP contribution is -2.39. The van der Waals surface area contributed by atoms with Gasteiger partial charge in [-0.15, -0.1) is 11.3 Å². The van der Waals surface area contributed by atoms with E-state index in [1.807, 2.05) is 31.7 Å². The Balaban J connectivity index is 1.72. The molecule has 0 aromatic carbocycles. The molecule has 1 amide bonds. The van der Waals surface area contributed by atoms with Gasteiger partial charge in [0.15, 0.2) is 0 Å². The predicted octanol–water partition coefficient (Wildman–Crippen LogP) is 3.65. The monoisotopic (exact) mass is 345 g/mol. The van der Waals surface area contributed by atoms with Gasteiger partial charge < -0.3 is 9.64 Å². The molecular formula is C18H23N3O2S. The van der Waals surface area contributed by atoms with Gasteiger partial charge >= 0.3 is 0 Å². The SMILES string of the molecule is Cc1csc([C@@H]2CCCN(C(=O)c3cccc(OC(C)C)n3)C2)n1. The second-order valence-corrected chi connectivity index (χ2v) is 7.33. The Morgan fingerprint density at radius 1 is 1.38 bits per heavy atom. The molecule has 3 rings (SSSR count). The maximum atomic E-state index is 12.8. The first-order valence-electron chi connectivity index (χ1n) is 8.38. The van der Waals surface area contributed by atoms with Crippen molar-refractivity contribution in [2.45, 2.75) is 45.6 Å². The number of hydrogen-bond donors (Lipinski definition) is 0. The fraction of sp³-hybridized carbons (Fsp3) is 0.500. The lowest BCUT2D eigenvalue weighted by Gasteiger charge is -2.31. The molecule has 0 saturated carbocycles. The fourth-order valence-electron chi connectivity index (χ4n) is 2.93. The van der Waals surface area contributed by atoms with Crippen LogP contribution in [0, 0.1) is 6.92 Å². The predicted molar refractivity (Wildman–Crippen MR) is 94.7 cm³/mol. The van der Waals surface area contributed by atoms with Crippen LogP contribution in [-0.4, -0.2) is 40.0 Å². The zero-order valence-corrected chi connectivity index (χ0v) is 15.2. The third-order valence-corrected chi connectivity index (χ3v) is 5.12. The van der Waals surface area contributed by atoms with Gasteiger partial charge in [-0.25, -0.2) is 9.97 Å². The van der Waals surface area contributed by atoms with Crippen molar-refractivity contribution < 1.29 is 9.53 Å². The Labute approximate surface area is 146 Å². The van der Waals surface area contributed by atoms with E-state index in [4.69, 9.17) is 4.74 Å². The number of aryl methyl sites for hydroxylation is 1. The molecule has 128 valence electrons. The Morgan fingerprint density at radius 3 is 2.92 bits per heavy atom. The van der Waals surface area contributed by atoms with Crippen LogP contribution in [0.2, 0.25) is 0 Å². The van der Waals surface area contributed by atoms with E-state index in [0.717, 1.165) is 30.1 Å². The molecule has 1 fully saturated rings. The topological polar surface area (TPSA) is 55.3 Å². The molecule has 24 heavy (non-hydrogen) atoms. The van der Waals surface area contributed by atoms with Gasteiger partial charge in [-0.3, -0.25) is 4.79 Å². The van der Waals surface area contributed by atoms with Crippen molar-refractivity contribution in [2.24, 2.45) is 0 Å². The van der Waals surface area contributed by atoms with Crippen molar-refractivity contribution in [3.05, 3.63) is 40.0 Å². The molecule has 1 aliphatic heterocycles. The molecule has 0 spiro atoms. The van der Waals surface area contributed by atoms with Crippen LogP contribution >= 0.6 is 11.3 Å². The molecule has 0 radical (unpaired) electrons. The molecule has 1 aliphatic rings. The van der Waals surface area contributed by atoms with Crippen molar-refractivity contribution >= 4 is 17.2 Å². The van der Waals surface area contributed by atoms with Gasteiger partial charge in [-0.2, -0.15) is 0 Å². The number of aromatic nitrogens is 2. The van der Waals surface area contributed by atoms with Crippen LogP contribution in [0.4, 0.5) is 0 Å². The van der Waals surface area contributed by atoms with E-state index in [9.17, 15) is 4.79 Å². The number of piperidine rings is 1. The molecule has 0 unspecified atom stereocenters. The number of carbonyl (C=O) groups is 1. The molecule has 6 heteroatoms. The van der Waals surface area contributed by atoms with E-state index in [1.54, 1.807) is 23.5 Å². The smallest absolute Gasteiger partial charge is 0.272 e. The van der Waals surface area contributed by atoms with Crippen LogP contribution in [0.5, 0.6) is 5.88 Å². The minimum Gasteiger partial charge on any atom is -0.475 e. The molecule has 2 aromatic heterocycles. The average molecular weight is 345 g/mol. The fourth-order valence-corrected chi connectivity index (χ4v) is 3.85. The molecule has 0 N–H and O–H groups in total. The van der Waals surface area contributed by atoms with Gasteiger partial charge in [0, 0.05) is 36.1 Å². The Hall–Kier alpha value is -1.95. The summed E-state index contributed by atoms with van der Waals surface area (Å²) in [6.07, 6.45) is 2.12. The highest BCUT2D eigenvalue weighted by Crippen LogP contribution is 2.29. The molecule has 2 aromatic rings. The standard InChI is InChI=1S/C18H23N3O2S/c1-12(2)23-16-8-4-7-15(20-16)18(22)21-9-5-6-14(10-21)17-19-13(3)11-24-17/h4,7-8,11-12,14H,5-6,9-10H2,1-3H3/t14-/m1/s1. The highest BCUT2D eigenvalue weighted by atomic mass is 32.1. The number of carbonyl (C=O) groups excluding carboxylic acids is 1. The second-order valence-electron chi connectivity index (χ2n) is 6.45. The van der Waals surface area contributed by atoms with E-state index in [1.165, 1.54) is 0 Å². The summed E-state index contributed by atoms with van der Waals surface area (Å²) in [7, 11) is 0. The van der Waals surface area contributed by atoms with Gasteiger partial charge in [0.05, 0.1) is 11.1 Å². The molecule has 1 saturated heterocycles. The summed E-state index contributed by atoms with van der Waals surface area (Å²) >= 11 is 1.69. The minimum atomic E-state index is -0.0258. The summed E-state index contributed by atoms with van der Waals surface area (Å²) in [6, 6.07) is 5.37. The van der Waals surface area contributed by atoms with E-state index in [2.05, 4.69) is 15.3 Å². The van der Waals surface area contributed by atoms with Gasteiger partial charge in [-0.05, 0) is 39.7 Å². The van der Waals surface area contributed by atoms with Gasteiger partial charge in [0.25, 0.3) is 5.91 Å². The van der Waals surface area contributed by atoms with Crippen LogP contribution in [0.25, 0.3) is 0 Å². The lowest BCUT2D eigenvalue weighted by molar-refractivity contribution is 0.0699. The summed E-state index contributed by atoms with van der Waals surface area (Å²) < 4.78 is 5.60. The summed E-state index contributed by atoms with van der Waals surface area (Å²) in [6.45, 7) is 7.39. The van der Waals surface area contributed by atoms with Crippen molar-refractivity contribution in [1.29, 1.82) is 0 Å². The van der Waals surface area contributed by atoms with Crippen molar-refractivity contribution in [2.75, 3.05) is 13.1 Å². The van der Waals surface area contributed by atoms with Crippen molar-refractivity contribution in [3.8, 4) is 5.88 Å². The maximum absolute atomic E-state index is 12.8. The Bertz CT molecular complexity index is 714. The number of thiazole rings is 1. The number of likely N-dealkylation sites (tertiary alicyclic amines) is 1. The van der Waals surface area contributed by atoms with E-state index >= 15 is 0 Å². The van der Waals surface area contributed by atoms with Crippen LogP contribution < -0.4 is 4.74 Å². The van der Waals surface area contributed by atoms with Crippen molar-refractivity contribution in [1.82, 2.24) is 14.9 Å². The zero-order valence-electron chi connectivity index (χ0n) is 14.4. The van der Waals surface area contributed by atoms with Crippen molar-refractivity contribution in [3.63, 3.8) is 0 Å². The van der Waals surface area contributed by atoms with E-state index in [0.29, 0.717) is 24.0 Å². The van der Waals surface area contributed by atoms with Gasteiger partial charge in [-0.1, -0.05) is 6.07 Å². The summed E-state index contributed by atoms with van der Waals surface area (Å²) in [5, 5.41) is 3.21.